The molecule has 0 spiro atoms. The molecule has 0 aliphatic rings. The van der Waals surface area contributed by atoms with Gasteiger partial charge >= 0.3 is 5.97 Å². The van der Waals surface area contributed by atoms with Gasteiger partial charge in [0, 0.05) is 18.4 Å². The molecule has 1 amide bonds. The van der Waals surface area contributed by atoms with Crippen molar-refractivity contribution in [2.75, 3.05) is 11.4 Å². The van der Waals surface area contributed by atoms with Crippen molar-refractivity contribution in [2.24, 2.45) is 0 Å². The molecule has 3 rings (SSSR count). The van der Waals surface area contributed by atoms with Gasteiger partial charge in [-0.3, -0.25) is 4.79 Å². The van der Waals surface area contributed by atoms with Crippen molar-refractivity contribution < 1.29 is 14.3 Å². The van der Waals surface area contributed by atoms with Crippen molar-refractivity contribution in [3.63, 3.8) is 0 Å². The van der Waals surface area contributed by atoms with Crippen molar-refractivity contribution in [2.45, 2.75) is 33.3 Å². The number of ether oxygens (including phenoxy) is 1. The smallest absolute Gasteiger partial charge is 0.358 e. The first-order chi connectivity index (χ1) is 13.9. The highest BCUT2D eigenvalue weighted by molar-refractivity contribution is 6.03. The van der Waals surface area contributed by atoms with E-state index >= 15 is 0 Å². The number of nitrogens with one attached hydrogen (secondary N) is 1. The van der Waals surface area contributed by atoms with Crippen molar-refractivity contribution in [3.05, 3.63) is 53.6 Å². The van der Waals surface area contributed by atoms with E-state index in [4.69, 9.17) is 10.00 Å². The van der Waals surface area contributed by atoms with E-state index in [0.717, 1.165) is 11.1 Å². The Bertz CT molecular complexity index is 1080. The van der Waals surface area contributed by atoms with Crippen LogP contribution in [0.5, 0.6) is 0 Å². The molecule has 148 valence electrons. The molecule has 0 fully saturated rings. The van der Waals surface area contributed by atoms with Gasteiger partial charge in [0.1, 0.15) is 12.0 Å². The Morgan fingerprint density at radius 2 is 1.97 bits per heavy atom. The lowest BCUT2D eigenvalue weighted by Crippen LogP contribution is -2.41. The predicted molar refractivity (Wildman–Crippen MR) is 107 cm³/mol. The van der Waals surface area contributed by atoms with Gasteiger partial charge in [-0.15, -0.1) is 0 Å². The number of aryl methyl sites for hydroxylation is 2. The first kappa shape index (κ1) is 20.0. The Hall–Kier alpha value is -3.73. The van der Waals surface area contributed by atoms with E-state index in [-0.39, 0.29) is 18.7 Å². The summed E-state index contributed by atoms with van der Waals surface area (Å²) in [6.45, 7) is 5.59. The van der Waals surface area contributed by atoms with Crippen molar-refractivity contribution >= 4 is 28.6 Å². The first-order valence-corrected chi connectivity index (χ1v) is 9.16. The number of H-pyrrole nitrogens is 1. The summed E-state index contributed by atoms with van der Waals surface area (Å²) in [6, 6.07) is 9.45. The second kappa shape index (κ2) is 8.52. The second-order valence-electron chi connectivity index (χ2n) is 6.75. The monoisotopic (exact) mass is 391 g/mol. The third-order valence-corrected chi connectivity index (χ3v) is 4.41. The van der Waals surface area contributed by atoms with Crippen LogP contribution in [-0.4, -0.2) is 39.5 Å². The van der Waals surface area contributed by atoms with Crippen LogP contribution in [0.4, 0.5) is 5.69 Å². The number of rotatable bonds is 6. The molecule has 8 nitrogen and oxygen atoms in total. The first-order valence-electron chi connectivity index (χ1n) is 9.16. The highest BCUT2D eigenvalue weighted by Gasteiger charge is 2.27. The summed E-state index contributed by atoms with van der Waals surface area (Å²) in [5.41, 5.74) is 3.26. The van der Waals surface area contributed by atoms with E-state index in [9.17, 15) is 9.59 Å². The van der Waals surface area contributed by atoms with Crippen molar-refractivity contribution in [3.8, 4) is 6.07 Å². The van der Waals surface area contributed by atoms with Crippen LogP contribution in [-0.2, 0) is 9.53 Å². The minimum absolute atomic E-state index is 0.0888. The molecule has 1 atom stereocenters. The Balaban J connectivity index is 1.82. The third-order valence-electron chi connectivity index (χ3n) is 4.41. The molecule has 0 bridgehead atoms. The largest absolute Gasteiger partial charge is 0.448 e. The number of esters is 1. The summed E-state index contributed by atoms with van der Waals surface area (Å²) in [5, 5.41) is 9.50. The molecular weight excluding hydrogens is 370 g/mol. The van der Waals surface area contributed by atoms with Crippen LogP contribution in [0.3, 0.4) is 0 Å². The van der Waals surface area contributed by atoms with Crippen LogP contribution >= 0.6 is 0 Å². The van der Waals surface area contributed by atoms with Gasteiger partial charge in [-0.05, 0) is 50.1 Å². The molecule has 0 aliphatic heterocycles. The average Bonchev–Trinajstić information content (AvgIpc) is 3.16. The van der Waals surface area contributed by atoms with Crippen LogP contribution < -0.4 is 4.90 Å². The molecule has 1 unspecified atom stereocenters. The Kier molecular flexibility index (Phi) is 5.88. The number of benzene rings is 1. The van der Waals surface area contributed by atoms with Gasteiger partial charge in [-0.25, -0.2) is 14.8 Å². The van der Waals surface area contributed by atoms with Gasteiger partial charge in [0.05, 0.1) is 17.9 Å². The second-order valence-corrected chi connectivity index (χ2v) is 6.75. The minimum Gasteiger partial charge on any atom is -0.448 e. The molecule has 0 saturated heterocycles. The number of carbonyl (C=O) groups is 2. The summed E-state index contributed by atoms with van der Waals surface area (Å²) in [5.74, 6) is -1.11. The molecule has 29 heavy (non-hydrogen) atoms. The van der Waals surface area contributed by atoms with Crippen molar-refractivity contribution in [1.82, 2.24) is 15.0 Å². The Labute approximate surface area is 168 Å². The van der Waals surface area contributed by atoms with Crippen molar-refractivity contribution in [1.29, 1.82) is 5.26 Å². The molecule has 3 aromatic rings. The van der Waals surface area contributed by atoms with Crippen LogP contribution in [0, 0.1) is 25.2 Å². The third kappa shape index (κ3) is 4.41. The maximum Gasteiger partial charge on any atom is 0.358 e. The fourth-order valence-corrected chi connectivity index (χ4v) is 3.16. The summed E-state index contributed by atoms with van der Waals surface area (Å²) < 4.78 is 5.40. The lowest BCUT2D eigenvalue weighted by atomic mass is 10.1. The number of hydrogen-bond acceptors (Lipinski definition) is 6. The standard InChI is InChI=1S/C21H21N5O3/c1-13-9-14(2)11-16(10-13)26(8-4-6-22)20(27)15(3)29-21(28)18-17-5-7-23-19(17)25-12-24-18/h5,7,9-12,15H,4,8H2,1-3H3,(H,23,24,25). The number of nitrogens with zero attached hydrogens (tertiary/aromatic N) is 4. The SMILES string of the molecule is Cc1cc(C)cc(N(CCC#N)C(=O)C(C)OC(=O)c2ncnc3[nH]ccc23)c1. The quantitative estimate of drug-likeness (QED) is 0.646. The van der Waals surface area contributed by atoms with Gasteiger partial charge in [0.2, 0.25) is 0 Å². The predicted octanol–water partition coefficient (Wildman–Crippen LogP) is 3.07. The number of aromatic amines is 1. The molecule has 8 heteroatoms. The maximum absolute atomic E-state index is 13.1. The minimum atomic E-state index is -1.05. The highest BCUT2D eigenvalue weighted by atomic mass is 16.5. The fraction of sp³-hybridized carbons (Fsp3) is 0.286. The van der Waals surface area contributed by atoms with Gasteiger partial charge in [-0.1, -0.05) is 6.07 Å². The lowest BCUT2D eigenvalue weighted by molar-refractivity contribution is -0.126. The van der Waals surface area contributed by atoms with E-state index < -0.39 is 18.0 Å². The normalized spacial score (nSPS) is 11.7. The molecule has 0 aliphatic carbocycles. The van der Waals surface area contributed by atoms with Crippen LogP contribution in [0.1, 0.15) is 35.0 Å². The molecule has 2 heterocycles. The van der Waals surface area contributed by atoms with Gasteiger partial charge in [0.25, 0.3) is 5.91 Å². The van der Waals surface area contributed by atoms with Gasteiger partial charge < -0.3 is 14.6 Å². The number of carbonyl (C=O) groups excluding carboxylic acids is 2. The van der Waals surface area contributed by atoms with E-state index in [1.54, 1.807) is 12.3 Å². The van der Waals surface area contributed by atoms with Crippen LogP contribution in [0.15, 0.2) is 36.8 Å². The summed E-state index contributed by atoms with van der Waals surface area (Å²) in [7, 11) is 0. The number of anilines is 1. The lowest BCUT2D eigenvalue weighted by Gasteiger charge is -2.25. The summed E-state index contributed by atoms with van der Waals surface area (Å²) in [6.07, 6.45) is 2.02. The molecule has 1 N–H and O–H groups in total. The number of aromatic nitrogens is 3. The Morgan fingerprint density at radius 1 is 1.24 bits per heavy atom. The summed E-state index contributed by atoms with van der Waals surface area (Å²) in [4.78, 5) is 38.1. The van der Waals surface area contributed by atoms with Gasteiger partial charge in [0.15, 0.2) is 11.8 Å². The summed E-state index contributed by atoms with van der Waals surface area (Å²) >= 11 is 0. The van der Waals surface area contributed by atoms with E-state index in [0.29, 0.717) is 16.7 Å². The molecule has 1 aromatic carbocycles. The average molecular weight is 391 g/mol. The molecule has 0 saturated carbocycles. The van der Waals surface area contributed by atoms with Gasteiger partial charge in [-0.2, -0.15) is 5.26 Å². The maximum atomic E-state index is 13.1. The number of hydrogen-bond donors (Lipinski definition) is 1. The zero-order chi connectivity index (χ0) is 21.0. The topological polar surface area (TPSA) is 112 Å². The van der Waals surface area contributed by atoms with E-state index in [1.165, 1.54) is 18.2 Å². The number of fused-ring (bicyclic) bond motifs is 1. The number of amides is 1. The molecular formula is C21H21N5O3. The number of nitriles is 1. The molecule has 2 aromatic heterocycles. The van der Waals surface area contributed by atoms with E-state index in [2.05, 4.69) is 21.0 Å². The zero-order valence-corrected chi connectivity index (χ0v) is 16.5. The highest BCUT2D eigenvalue weighted by Crippen LogP contribution is 2.21. The van der Waals surface area contributed by atoms with Crippen LogP contribution in [0.25, 0.3) is 11.0 Å². The van der Waals surface area contributed by atoms with Crippen LogP contribution in [0.2, 0.25) is 0 Å². The Morgan fingerprint density at radius 3 is 2.66 bits per heavy atom. The van der Waals surface area contributed by atoms with E-state index in [1.807, 2.05) is 32.0 Å². The fourth-order valence-electron chi connectivity index (χ4n) is 3.16. The zero-order valence-electron chi connectivity index (χ0n) is 16.5. The molecule has 0 radical (unpaired) electrons.